The predicted molar refractivity (Wildman–Crippen MR) is 118 cm³/mol. The molecule has 0 spiro atoms. The molecule has 1 aliphatic carbocycles. The van der Waals surface area contributed by atoms with Crippen LogP contribution in [-0.2, 0) is 4.79 Å². The van der Waals surface area contributed by atoms with Crippen molar-refractivity contribution in [3.05, 3.63) is 107 Å². The zero-order valence-corrected chi connectivity index (χ0v) is 16.8. The molecule has 0 fully saturated rings. The lowest BCUT2D eigenvalue weighted by molar-refractivity contribution is -0.116. The molecule has 30 heavy (non-hydrogen) atoms. The fourth-order valence-corrected chi connectivity index (χ4v) is 4.47. The van der Waals surface area contributed by atoms with Crippen LogP contribution in [-0.4, -0.2) is 5.78 Å². The number of halogens is 1. The van der Waals surface area contributed by atoms with Crippen LogP contribution in [0.4, 0.5) is 15.8 Å². The van der Waals surface area contributed by atoms with Gasteiger partial charge in [0.25, 0.3) is 0 Å². The maximum Gasteiger partial charge on any atom is 0.163 e. The van der Waals surface area contributed by atoms with Crippen LogP contribution in [0.15, 0.2) is 84.1 Å². The monoisotopic (exact) mass is 398 g/mol. The quantitative estimate of drug-likeness (QED) is 0.547. The van der Waals surface area contributed by atoms with Crippen molar-refractivity contribution < 1.29 is 9.18 Å². The van der Waals surface area contributed by atoms with E-state index in [9.17, 15) is 9.18 Å². The van der Waals surface area contributed by atoms with Gasteiger partial charge in [0.1, 0.15) is 5.82 Å². The molecule has 0 bridgehead atoms. The number of anilines is 2. The van der Waals surface area contributed by atoms with Gasteiger partial charge in [0.05, 0.1) is 17.4 Å². The van der Waals surface area contributed by atoms with Gasteiger partial charge in [0.2, 0.25) is 0 Å². The first-order valence-electron chi connectivity index (χ1n) is 10.3. The summed E-state index contributed by atoms with van der Waals surface area (Å²) in [6, 6.07) is 22.5. The number of nitrogens with one attached hydrogen (secondary N) is 2. The second kappa shape index (κ2) is 7.45. The van der Waals surface area contributed by atoms with Crippen molar-refractivity contribution >= 4 is 17.2 Å². The zero-order valence-electron chi connectivity index (χ0n) is 16.8. The maximum atomic E-state index is 13.5. The number of hydrogen-bond donors (Lipinski definition) is 2. The lowest BCUT2D eigenvalue weighted by Crippen LogP contribution is -2.26. The molecule has 0 aromatic heterocycles. The number of carbonyl (C=O) groups is 1. The average Bonchev–Trinajstić information content (AvgIpc) is 2.91. The smallest absolute Gasteiger partial charge is 0.163 e. The summed E-state index contributed by atoms with van der Waals surface area (Å²) in [5.74, 6) is -0.0121. The molecule has 1 aliphatic heterocycles. The van der Waals surface area contributed by atoms with Gasteiger partial charge in [0, 0.05) is 17.7 Å². The Bertz CT molecular complexity index is 1130. The van der Waals surface area contributed by atoms with Crippen molar-refractivity contribution in [2.45, 2.75) is 31.7 Å². The molecule has 0 unspecified atom stereocenters. The molecule has 0 saturated heterocycles. The minimum atomic E-state index is -0.316. The summed E-state index contributed by atoms with van der Waals surface area (Å²) >= 11 is 0. The summed E-state index contributed by atoms with van der Waals surface area (Å²) in [7, 11) is 0. The highest BCUT2D eigenvalue weighted by molar-refractivity contribution is 6.01. The first kappa shape index (κ1) is 18.6. The Balaban J connectivity index is 1.60. The molecular weight excluding hydrogens is 375 g/mol. The van der Waals surface area contributed by atoms with Crippen molar-refractivity contribution in [2.24, 2.45) is 0 Å². The number of ketones is 1. The van der Waals surface area contributed by atoms with Crippen LogP contribution < -0.4 is 10.6 Å². The van der Waals surface area contributed by atoms with Crippen LogP contribution in [0.2, 0.25) is 0 Å². The summed E-state index contributed by atoms with van der Waals surface area (Å²) < 4.78 is 13.5. The van der Waals surface area contributed by atoms with Crippen molar-refractivity contribution in [1.29, 1.82) is 0 Å². The largest absolute Gasteiger partial charge is 0.372 e. The van der Waals surface area contributed by atoms with E-state index in [-0.39, 0.29) is 23.6 Å². The molecule has 2 N–H and O–H groups in total. The SMILES string of the molecule is Cc1ccc([C@H]2CC(=O)C3=C(C2)Nc2ccccc2N[C@@H]3c2ccc(F)cc2)cc1. The topological polar surface area (TPSA) is 41.1 Å². The van der Waals surface area contributed by atoms with Crippen LogP contribution in [0.5, 0.6) is 0 Å². The van der Waals surface area contributed by atoms with Crippen LogP contribution in [0.1, 0.15) is 41.5 Å². The Labute approximate surface area is 175 Å². The van der Waals surface area contributed by atoms with E-state index in [0.717, 1.165) is 34.6 Å². The van der Waals surface area contributed by atoms with E-state index in [4.69, 9.17) is 0 Å². The highest BCUT2D eigenvalue weighted by Crippen LogP contribution is 2.44. The Hall–Kier alpha value is -3.40. The van der Waals surface area contributed by atoms with Gasteiger partial charge < -0.3 is 10.6 Å². The number of rotatable bonds is 2. The summed E-state index contributed by atoms with van der Waals surface area (Å²) in [6.07, 6.45) is 1.23. The Morgan fingerprint density at radius 3 is 2.23 bits per heavy atom. The number of hydrogen-bond acceptors (Lipinski definition) is 3. The van der Waals surface area contributed by atoms with Gasteiger partial charge in [-0.15, -0.1) is 0 Å². The minimum absolute atomic E-state index is 0.129. The van der Waals surface area contributed by atoms with Crippen LogP contribution in [0.3, 0.4) is 0 Å². The number of Topliss-reactive ketones (excluding diaryl/α,β-unsaturated/α-hetero) is 1. The molecule has 1 heterocycles. The lowest BCUT2D eigenvalue weighted by atomic mass is 9.78. The number of allylic oxidation sites excluding steroid dienone is 1. The number of fused-ring (bicyclic) bond motifs is 1. The van der Waals surface area contributed by atoms with Gasteiger partial charge in [-0.1, -0.05) is 54.1 Å². The first-order chi connectivity index (χ1) is 14.6. The number of benzene rings is 3. The van der Waals surface area contributed by atoms with Crippen molar-refractivity contribution in [1.82, 2.24) is 0 Å². The Kier molecular flexibility index (Phi) is 4.62. The van der Waals surface area contributed by atoms with Crippen molar-refractivity contribution in [2.75, 3.05) is 10.6 Å². The van der Waals surface area contributed by atoms with Gasteiger partial charge in [-0.25, -0.2) is 4.39 Å². The first-order valence-corrected chi connectivity index (χ1v) is 10.3. The van der Waals surface area contributed by atoms with E-state index in [0.29, 0.717) is 6.42 Å². The molecule has 3 nitrogen and oxygen atoms in total. The van der Waals surface area contributed by atoms with Gasteiger partial charge in [-0.3, -0.25) is 4.79 Å². The summed E-state index contributed by atoms with van der Waals surface area (Å²) in [4.78, 5) is 13.4. The normalized spacial score (nSPS) is 20.5. The predicted octanol–water partition coefficient (Wildman–Crippen LogP) is 6.11. The van der Waals surface area contributed by atoms with Crippen LogP contribution in [0, 0.1) is 12.7 Å². The van der Waals surface area contributed by atoms with Gasteiger partial charge >= 0.3 is 0 Å². The number of carbonyl (C=O) groups excluding carboxylic acids is 1. The molecule has 3 aromatic rings. The Morgan fingerprint density at radius 1 is 0.833 bits per heavy atom. The highest BCUT2D eigenvalue weighted by atomic mass is 19.1. The molecular formula is C26H23FN2O. The fraction of sp³-hybridized carbons (Fsp3) is 0.192. The number of aryl methyl sites for hydroxylation is 1. The molecule has 3 aromatic carbocycles. The van der Waals surface area contributed by atoms with E-state index < -0.39 is 0 Å². The molecule has 4 heteroatoms. The lowest BCUT2D eigenvalue weighted by Gasteiger charge is -2.30. The molecule has 0 saturated carbocycles. The molecule has 0 amide bonds. The summed E-state index contributed by atoms with van der Waals surface area (Å²) in [5, 5.41) is 7.06. The molecule has 2 aliphatic rings. The second-order valence-corrected chi connectivity index (χ2v) is 8.13. The van der Waals surface area contributed by atoms with Gasteiger partial charge in [-0.2, -0.15) is 0 Å². The van der Waals surface area contributed by atoms with E-state index in [1.165, 1.54) is 23.3 Å². The third-order valence-electron chi connectivity index (χ3n) is 6.06. The van der Waals surface area contributed by atoms with Crippen LogP contribution in [0.25, 0.3) is 0 Å². The summed E-state index contributed by atoms with van der Waals surface area (Å²) in [6.45, 7) is 2.07. The zero-order chi connectivity index (χ0) is 20.7. The standard InChI is InChI=1S/C26H23FN2O/c1-16-6-8-17(9-7-16)19-14-23-25(24(30)15-19)26(18-10-12-20(27)13-11-18)29-22-5-3-2-4-21(22)28-23/h2-13,19,26,28-29H,14-15H2,1H3/t19-,26-/m1/s1. The second-order valence-electron chi connectivity index (χ2n) is 8.13. The van der Waals surface area contributed by atoms with E-state index >= 15 is 0 Å². The molecule has 150 valence electrons. The van der Waals surface area contributed by atoms with E-state index in [2.05, 4.69) is 41.8 Å². The summed E-state index contributed by atoms with van der Waals surface area (Å²) in [5.41, 5.74) is 6.86. The average molecular weight is 398 g/mol. The molecule has 2 atom stereocenters. The van der Waals surface area contributed by atoms with Crippen molar-refractivity contribution in [3.63, 3.8) is 0 Å². The van der Waals surface area contributed by atoms with E-state index in [1.54, 1.807) is 12.1 Å². The maximum absolute atomic E-state index is 13.5. The molecule has 0 radical (unpaired) electrons. The number of para-hydroxylation sites is 2. The third kappa shape index (κ3) is 3.39. The van der Waals surface area contributed by atoms with Gasteiger partial charge in [-0.05, 0) is 54.7 Å². The highest BCUT2D eigenvalue weighted by Gasteiger charge is 2.35. The van der Waals surface area contributed by atoms with E-state index in [1.807, 2.05) is 24.3 Å². The van der Waals surface area contributed by atoms with Crippen LogP contribution >= 0.6 is 0 Å². The Morgan fingerprint density at radius 2 is 1.50 bits per heavy atom. The van der Waals surface area contributed by atoms with Gasteiger partial charge in [0.15, 0.2) is 5.78 Å². The van der Waals surface area contributed by atoms with Crippen molar-refractivity contribution in [3.8, 4) is 0 Å². The minimum Gasteiger partial charge on any atom is -0.372 e. The third-order valence-corrected chi connectivity index (χ3v) is 6.06. The molecule has 5 rings (SSSR count). The fourth-order valence-electron chi connectivity index (χ4n) is 4.47.